The first kappa shape index (κ1) is 38.6. The van der Waals surface area contributed by atoms with Crippen molar-refractivity contribution in [1.82, 2.24) is 0 Å². The van der Waals surface area contributed by atoms with Crippen molar-refractivity contribution in [2.75, 3.05) is 7.11 Å². The maximum Gasteiger partial charge on any atom is 0.0657 e. The Morgan fingerprint density at radius 1 is 0.524 bits per heavy atom. The lowest BCUT2D eigenvalue weighted by Crippen LogP contribution is -2.20. The van der Waals surface area contributed by atoms with Crippen molar-refractivity contribution in [2.24, 2.45) is 0 Å². The normalized spacial score (nSPS) is 15.7. The molecule has 1 nitrogen and oxygen atoms in total. The largest absolute Gasteiger partial charge is 0.378 e. The summed E-state index contributed by atoms with van der Waals surface area (Å²) in [5, 5.41) is 0. The summed E-state index contributed by atoms with van der Waals surface area (Å²) < 4.78 is 5.45. The molecule has 0 bridgehead atoms. The van der Waals surface area contributed by atoms with E-state index in [1.165, 1.54) is 39.0 Å². The Morgan fingerprint density at radius 2 is 0.905 bits per heavy atom. The van der Waals surface area contributed by atoms with E-state index < -0.39 is 0 Å². The van der Waals surface area contributed by atoms with Gasteiger partial charge in [-0.2, -0.15) is 0 Å². The van der Waals surface area contributed by atoms with E-state index in [0.717, 1.165) is 19.3 Å². The Hall–Kier alpha value is -3.42. The van der Waals surface area contributed by atoms with E-state index in [9.17, 15) is 0 Å². The molecule has 0 aromatic heterocycles. The summed E-state index contributed by atoms with van der Waals surface area (Å²) in [6.45, 7) is 21.3. The minimum absolute atomic E-state index is 0.120. The number of rotatable bonds is 17. The molecule has 0 rings (SSSR count). The van der Waals surface area contributed by atoms with Gasteiger partial charge in [-0.15, -0.1) is 0 Å². The Morgan fingerprint density at radius 3 is 1.31 bits per heavy atom. The fraction of sp³-hybridized carbons (Fsp3) is 0.366. The fourth-order valence-electron chi connectivity index (χ4n) is 3.40. The third-order valence-electron chi connectivity index (χ3n) is 6.36. The summed E-state index contributed by atoms with van der Waals surface area (Å²) in [5.41, 5.74) is 8.73. The molecule has 0 aliphatic rings. The average molecular weight is 567 g/mol. The van der Waals surface area contributed by atoms with Crippen LogP contribution < -0.4 is 0 Å². The van der Waals surface area contributed by atoms with Crippen molar-refractivity contribution in [3.05, 3.63) is 154 Å². The van der Waals surface area contributed by atoms with E-state index in [1.54, 1.807) is 7.11 Å². The van der Waals surface area contributed by atoms with Crippen LogP contribution in [0.1, 0.15) is 88.5 Å². The van der Waals surface area contributed by atoms with Gasteiger partial charge in [-0.1, -0.05) is 154 Å². The van der Waals surface area contributed by atoms with Gasteiger partial charge in [0, 0.05) is 7.11 Å². The standard InChI is InChI=1S/C41H58O/c1-34(2)20-14-23-37(5)26-17-29-38(6)27-15-24-35(3)21-12-13-22-36(4)25-16-28-39(7)30-18-31-40(8)32-19-33-41(9,10)42-11/h12-13,15-22,24-32H,14,23,33H2,1-11H3. The van der Waals surface area contributed by atoms with Crippen LogP contribution in [0.15, 0.2) is 154 Å². The molecular formula is C41H58O. The predicted octanol–water partition coefficient (Wildman–Crippen LogP) is 12.6. The van der Waals surface area contributed by atoms with Crippen molar-refractivity contribution in [3.8, 4) is 0 Å². The molecule has 0 radical (unpaired) electrons. The highest BCUT2D eigenvalue weighted by Crippen LogP contribution is 2.14. The molecule has 0 aromatic carbocycles. The van der Waals surface area contributed by atoms with Gasteiger partial charge in [-0.3, -0.25) is 0 Å². The van der Waals surface area contributed by atoms with Gasteiger partial charge in [0.15, 0.2) is 0 Å². The van der Waals surface area contributed by atoms with Crippen molar-refractivity contribution < 1.29 is 4.74 Å². The molecule has 0 aliphatic heterocycles. The topological polar surface area (TPSA) is 9.23 Å². The minimum atomic E-state index is -0.120. The second kappa shape index (κ2) is 23.2. The summed E-state index contributed by atoms with van der Waals surface area (Å²) in [7, 11) is 1.75. The third-order valence-corrected chi connectivity index (χ3v) is 6.36. The molecule has 0 aliphatic carbocycles. The molecule has 0 saturated carbocycles. The summed E-state index contributed by atoms with van der Waals surface area (Å²) in [5.74, 6) is 0. The molecule has 0 heterocycles. The highest BCUT2D eigenvalue weighted by Gasteiger charge is 2.12. The van der Waals surface area contributed by atoms with Crippen molar-refractivity contribution in [1.29, 1.82) is 0 Å². The zero-order chi connectivity index (χ0) is 31.8. The van der Waals surface area contributed by atoms with Crippen LogP contribution >= 0.6 is 0 Å². The van der Waals surface area contributed by atoms with Crippen LogP contribution in [-0.4, -0.2) is 12.7 Å². The fourth-order valence-corrected chi connectivity index (χ4v) is 3.40. The van der Waals surface area contributed by atoms with Crippen LogP contribution in [-0.2, 0) is 4.74 Å². The Kier molecular flexibility index (Phi) is 21.3. The van der Waals surface area contributed by atoms with Gasteiger partial charge in [0.25, 0.3) is 0 Å². The molecular weight excluding hydrogens is 508 g/mol. The molecule has 42 heavy (non-hydrogen) atoms. The lowest BCUT2D eigenvalue weighted by molar-refractivity contribution is 0.0255. The van der Waals surface area contributed by atoms with Crippen molar-refractivity contribution >= 4 is 0 Å². The van der Waals surface area contributed by atoms with Gasteiger partial charge >= 0.3 is 0 Å². The first-order valence-corrected chi connectivity index (χ1v) is 15.1. The first-order chi connectivity index (χ1) is 19.8. The summed E-state index contributed by atoms with van der Waals surface area (Å²) in [6.07, 6.45) is 43.7. The number of methoxy groups -OCH3 is 1. The molecule has 0 N–H and O–H groups in total. The van der Waals surface area contributed by atoms with Gasteiger partial charge in [0.2, 0.25) is 0 Å². The third kappa shape index (κ3) is 24.4. The van der Waals surface area contributed by atoms with Gasteiger partial charge in [0.05, 0.1) is 5.60 Å². The van der Waals surface area contributed by atoms with Gasteiger partial charge in [-0.05, 0) is 88.5 Å². The van der Waals surface area contributed by atoms with E-state index in [1.807, 2.05) is 0 Å². The number of hydrogen-bond acceptors (Lipinski definition) is 1. The monoisotopic (exact) mass is 566 g/mol. The molecule has 0 amide bonds. The number of ether oxygens (including phenoxy) is 1. The van der Waals surface area contributed by atoms with Crippen LogP contribution in [0.25, 0.3) is 0 Å². The van der Waals surface area contributed by atoms with E-state index in [0.29, 0.717) is 0 Å². The highest BCUT2D eigenvalue weighted by molar-refractivity contribution is 5.33. The molecule has 0 unspecified atom stereocenters. The molecule has 0 fully saturated rings. The molecule has 1 heteroatoms. The van der Waals surface area contributed by atoms with Crippen LogP contribution in [0.5, 0.6) is 0 Å². The molecule has 0 aromatic rings. The van der Waals surface area contributed by atoms with Crippen LogP contribution in [0.2, 0.25) is 0 Å². The Balaban J connectivity index is 4.75. The maximum absolute atomic E-state index is 5.45. The molecule has 0 saturated heterocycles. The maximum atomic E-state index is 5.45. The summed E-state index contributed by atoms with van der Waals surface area (Å²) in [6, 6.07) is 0. The second-order valence-electron chi connectivity index (χ2n) is 11.8. The number of allylic oxidation sites excluding steroid dienone is 25. The quantitative estimate of drug-likeness (QED) is 0.126. The van der Waals surface area contributed by atoms with Crippen LogP contribution in [0.4, 0.5) is 0 Å². The van der Waals surface area contributed by atoms with Crippen LogP contribution in [0.3, 0.4) is 0 Å². The smallest absolute Gasteiger partial charge is 0.0657 e. The van der Waals surface area contributed by atoms with Crippen LogP contribution in [0, 0.1) is 0 Å². The Labute approximate surface area is 259 Å². The zero-order valence-electron chi connectivity index (χ0n) is 28.5. The number of hydrogen-bond donors (Lipinski definition) is 0. The minimum Gasteiger partial charge on any atom is -0.378 e. The predicted molar refractivity (Wildman–Crippen MR) is 192 cm³/mol. The van der Waals surface area contributed by atoms with Crippen molar-refractivity contribution in [3.63, 3.8) is 0 Å². The summed E-state index contributed by atoms with van der Waals surface area (Å²) in [4.78, 5) is 0. The average Bonchev–Trinajstić information content (AvgIpc) is 2.91. The van der Waals surface area contributed by atoms with E-state index in [4.69, 9.17) is 4.74 Å². The van der Waals surface area contributed by atoms with E-state index >= 15 is 0 Å². The Bertz CT molecular complexity index is 1200. The summed E-state index contributed by atoms with van der Waals surface area (Å²) >= 11 is 0. The lowest BCUT2D eigenvalue weighted by Gasteiger charge is -2.20. The van der Waals surface area contributed by atoms with Crippen molar-refractivity contribution in [2.45, 2.75) is 94.1 Å². The highest BCUT2D eigenvalue weighted by atomic mass is 16.5. The van der Waals surface area contributed by atoms with Gasteiger partial charge in [0.1, 0.15) is 0 Å². The van der Waals surface area contributed by atoms with Gasteiger partial charge < -0.3 is 4.74 Å². The SMILES string of the molecule is COC(C)(C)CC=CC(C)=CC=CC(C)=CC=CC(C)=CC=CC=C(C)C=CC=C(C)C=CC=C(C)CCC=C(C)C. The van der Waals surface area contributed by atoms with E-state index in [-0.39, 0.29) is 5.60 Å². The first-order valence-electron chi connectivity index (χ1n) is 15.1. The molecule has 228 valence electrons. The van der Waals surface area contributed by atoms with Gasteiger partial charge in [-0.25, -0.2) is 0 Å². The molecule has 0 spiro atoms. The second-order valence-corrected chi connectivity index (χ2v) is 11.8. The molecule has 0 atom stereocenters. The van der Waals surface area contributed by atoms with E-state index in [2.05, 4.69) is 185 Å². The lowest BCUT2D eigenvalue weighted by atomic mass is 10.0. The zero-order valence-corrected chi connectivity index (χ0v) is 28.5.